The van der Waals surface area contributed by atoms with Gasteiger partial charge in [0.05, 0.1) is 0 Å². The summed E-state index contributed by atoms with van der Waals surface area (Å²) in [5.41, 5.74) is 9.64. The lowest BCUT2D eigenvalue weighted by Gasteiger charge is -2.10. The zero-order valence-corrected chi connectivity index (χ0v) is 11.0. The maximum absolute atomic E-state index is 11.6. The third-order valence-corrected chi connectivity index (χ3v) is 2.98. The van der Waals surface area contributed by atoms with E-state index in [4.69, 9.17) is 5.73 Å². The number of hydrogen-bond donors (Lipinski definition) is 2. The molecule has 19 heavy (non-hydrogen) atoms. The summed E-state index contributed by atoms with van der Waals surface area (Å²) >= 11 is 0. The van der Waals surface area contributed by atoms with E-state index in [-0.39, 0.29) is 5.91 Å². The standard InChI is InChI=1S/C16H18N2O/c1-12-7-8-14(18-16(19)9-10-17)11-15(12)13-5-3-2-4-6-13/h2-8,11H,9-10,17H2,1H3,(H,18,19). The van der Waals surface area contributed by atoms with Gasteiger partial charge < -0.3 is 11.1 Å². The van der Waals surface area contributed by atoms with Gasteiger partial charge in [-0.1, -0.05) is 36.4 Å². The molecule has 0 radical (unpaired) electrons. The van der Waals surface area contributed by atoms with Crippen molar-refractivity contribution >= 4 is 11.6 Å². The molecule has 2 aromatic rings. The number of carbonyl (C=O) groups excluding carboxylic acids is 1. The Labute approximate surface area is 113 Å². The maximum Gasteiger partial charge on any atom is 0.225 e. The van der Waals surface area contributed by atoms with Crippen molar-refractivity contribution in [3.8, 4) is 11.1 Å². The summed E-state index contributed by atoms with van der Waals surface area (Å²) in [6.07, 6.45) is 0.342. The molecule has 0 bridgehead atoms. The molecule has 0 saturated carbocycles. The van der Waals surface area contributed by atoms with Gasteiger partial charge in [-0.05, 0) is 35.7 Å². The van der Waals surface area contributed by atoms with Crippen LogP contribution in [0.15, 0.2) is 48.5 Å². The molecule has 0 fully saturated rings. The van der Waals surface area contributed by atoms with E-state index in [9.17, 15) is 4.79 Å². The number of anilines is 1. The second kappa shape index (κ2) is 6.16. The van der Waals surface area contributed by atoms with Gasteiger partial charge in [0.15, 0.2) is 0 Å². The minimum atomic E-state index is -0.0506. The van der Waals surface area contributed by atoms with Crippen molar-refractivity contribution in [2.24, 2.45) is 5.73 Å². The average Bonchev–Trinajstić information content (AvgIpc) is 2.42. The van der Waals surface area contributed by atoms with Crippen molar-refractivity contribution in [3.05, 3.63) is 54.1 Å². The van der Waals surface area contributed by atoms with E-state index in [2.05, 4.69) is 24.4 Å². The molecule has 3 nitrogen and oxygen atoms in total. The summed E-state index contributed by atoms with van der Waals surface area (Å²) in [5.74, 6) is -0.0506. The van der Waals surface area contributed by atoms with E-state index in [0.29, 0.717) is 13.0 Å². The van der Waals surface area contributed by atoms with Gasteiger partial charge >= 0.3 is 0 Å². The number of nitrogens with two attached hydrogens (primary N) is 1. The van der Waals surface area contributed by atoms with Crippen LogP contribution in [0, 0.1) is 6.92 Å². The van der Waals surface area contributed by atoms with Crippen molar-refractivity contribution in [3.63, 3.8) is 0 Å². The zero-order chi connectivity index (χ0) is 13.7. The molecule has 3 N–H and O–H groups in total. The van der Waals surface area contributed by atoms with Crippen molar-refractivity contribution in [1.29, 1.82) is 0 Å². The number of benzene rings is 2. The van der Waals surface area contributed by atoms with Gasteiger partial charge in [0.1, 0.15) is 0 Å². The first kappa shape index (κ1) is 13.3. The van der Waals surface area contributed by atoms with E-state index >= 15 is 0 Å². The summed E-state index contributed by atoms with van der Waals surface area (Å²) in [7, 11) is 0. The van der Waals surface area contributed by atoms with E-state index in [1.807, 2.05) is 36.4 Å². The van der Waals surface area contributed by atoms with Crippen LogP contribution < -0.4 is 11.1 Å². The molecule has 0 atom stereocenters. The number of aryl methyl sites for hydroxylation is 1. The molecule has 0 aliphatic carbocycles. The van der Waals surface area contributed by atoms with Crippen molar-refractivity contribution in [2.75, 3.05) is 11.9 Å². The van der Waals surface area contributed by atoms with Crippen molar-refractivity contribution < 1.29 is 4.79 Å². The Hall–Kier alpha value is -2.13. The molecule has 0 aromatic heterocycles. The molecule has 3 heteroatoms. The van der Waals surface area contributed by atoms with Crippen molar-refractivity contribution in [1.82, 2.24) is 0 Å². The molecule has 0 heterocycles. The quantitative estimate of drug-likeness (QED) is 0.881. The van der Waals surface area contributed by atoms with Crippen LogP contribution in [0.25, 0.3) is 11.1 Å². The van der Waals surface area contributed by atoms with E-state index in [1.165, 1.54) is 5.56 Å². The van der Waals surface area contributed by atoms with Gasteiger partial charge in [0.2, 0.25) is 5.91 Å². The third kappa shape index (κ3) is 3.42. The molecular weight excluding hydrogens is 236 g/mol. The fourth-order valence-corrected chi connectivity index (χ4v) is 1.98. The fraction of sp³-hybridized carbons (Fsp3) is 0.188. The number of rotatable bonds is 4. The van der Waals surface area contributed by atoms with E-state index in [1.54, 1.807) is 0 Å². The number of hydrogen-bond acceptors (Lipinski definition) is 2. The Morgan fingerprint density at radius 2 is 1.89 bits per heavy atom. The van der Waals surface area contributed by atoms with Crippen LogP contribution >= 0.6 is 0 Å². The largest absolute Gasteiger partial charge is 0.330 e. The summed E-state index contributed by atoms with van der Waals surface area (Å²) < 4.78 is 0. The number of amides is 1. The summed E-state index contributed by atoms with van der Waals surface area (Å²) in [4.78, 5) is 11.6. The van der Waals surface area contributed by atoms with Crippen molar-refractivity contribution in [2.45, 2.75) is 13.3 Å². The predicted molar refractivity (Wildman–Crippen MR) is 78.9 cm³/mol. The first-order valence-electron chi connectivity index (χ1n) is 6.36. The topological polar surface area (TPSA) is 55.1 Å². The highest BCUT2D eigenvalue weighted by Gasteiger charge is 2.05. The molecule has 2 rings (SSSR count). The smallest absolute Gasteiger partial charge is 0.225 e. The lowest BCUT2D eigenvalue weighted by molar-refractivity contribution is -0.116. The number of nitrogens with one attached hydrogen (secondary N) is 1. The molecular formula is C16H18N2O. The van der Waals surface area contributed by atoms with Gasteiger partial charge in [-0.3, -0.25) is 4.79 Å². The Bertz CT molecular complexity index is 564. The zero-order valence-electron chi connectivity index (χ0n) is 11.0. The second-order valence-corrected chi connectivity index (χ2v) is 4.48. The monoisotopic (exact) mass is 254 g/mol. The number of carbonyl (C=O) groups is 1. The van der Waals surface area contributed by atoms with Crippen LogP contribution in [0.2, 0.25) is 0 Å². The first-order chi connectivity index (χ1) is 9.20. The lowest BCUT2D eigenvalue weighted by atomic mass is 10.00. The van der Waals surface area contributed by atoms with Gasteiger partial charge in [-0.25, -0.2) is 0 Å². The van der Waals surface area contributed by atoms with Gasteiger partial charge in [0.25, 0.3) is 0 Å². The Kier molecular flexibility index (Phi) is 4.31. The highest BCUT2D eigenvalue weighted by molar-refractivity contribution is 5.91. The Morgan fingerprint density at radius 1 is 1.16 bits per heavy atom. The summed E-state index contributed by atoms with van der Waals surface area (Å²) in [6.45, 7) is 2.43. The summed E-state index contributed by atoms with van der Waals surface area (Å²) in [6, 6.07) is 16.1. The van der Waals surface area contributed by atoms with Crippen LogP contribution in [-0.4, -0.2) is 12.5 Å². The second-order valence-electron chi connectivity index (χ2n) is 4.48. The molecule has 0 saturated heterocycles. The molecule has 0 aliphatic rings. The highest BCUT2D eigenvalue weighted by Crippen LogP contribution is 2.26. The van der Waals surface area contributed by atoms with Crippen LogP contribution in [0.4, 0.5) is 5.69 Å². The van der Waals surface area contributed by atoms with Crippen LogP contribution in [0.1, 0.15) is 12.0 Å². The first-order valence-corrected chi connectivity index (χ1v) is 6.36. The highest BCUT2D eigenvalue weighted by atomic mass is 16.1. The van der Waals surface area contributed by atoms with Gasteiger partial charge in [0, 0.05) is 18.7 Å². The molecule has 98 valence electrons. The fourth-order valence-electron chi connectivity index (χ4n) is 1.98. The third-order valence-electron chi connectivity index (χ3n) is 2.98. The minimum Gasteiger partial charge on any atom is -0.330 e. The molecule has 2 aromatic carbocycles. The van der Waals surface area contributed by atoms with E-state index < -0.39 is 0 Å². The lowest BCUT2D eigenvalue weighted by Crippen LogP contribution is -2.16. The minimum absolute atomic E-state index is 0.0506. The maximum atomic E-state index is 11.6. The van der Waals surface area contributed by atoms with Gasteiger partial charge in [-0.15, -0.1) is 0 Å². The van der Waals surface area contributed by atoms with Crippen LogP contribution in [0.5, 0.6) is 0 Å². The van der Waals surface area contributed by atoms with Gasteiger partial charge in [-0.2, -0.15) is 0 Å². The Balaban J connectivity index is 2.28. The molecule has 0 aliphatic heterocycles. The predicted octanol–water partition coefficient (Wildman–Crippen LogP) is 2.95. The Morgan fingerprint density at radius 3 is 2.58 bits per heavy atom. The summed E-state index contributed by atoms with van der Waals surface area (Å²) in [5, 5.41) is 2.86. The normalized spacial score (nSPS) is 10.2. The van der Waals surface area contributed by atoms with Crippen LogP contribution in [-0.2, 0) is 4.79 Å². The molecule has 0 unspecified atom stereocenters. The van der Waals surface area contributed by atoms with E-state index in [0.717, 1.165) is 16.8 Å². The average molecular weight is 254 g/mol. The molecule has 1 amide bonds. The SMILES string of the molecule is Cc1ccc(NC(=O)CCN)cc1-c1ccccc1. The molecule has 0 spiro atoms. The van der Waals surface area contributed by atoms with Crippen LogP contribution in [0.3, 0.4) is 0 Å².